The van der Waals surface area contributed by atoms with E-state index in [4.69, 9.17) is 15.2 Å². The van der Waals surface area contributed by atoms with E-state index in [1.54, 1.807) is 0 Å². The van der Waals surface area contributed by atoms with Crippen LogP contribution in [-0.4, -0.2) is 59.1 Å². The molecule has 0 amide bonds. The third kappa shape index (κ3) is 3.00. The second-order valence-electron chi connectivity index (χ2n) is 6.67. The predicted octanol–water partition coefficient (Wildman–Crippen LogP) is 1.87. The highest BCUT2D eigenvalue weighted by Gasteiger charge is 2.32. The smallest absolute Gasteiger partial charge is 0.160 e. The van der Waals surface area contributed by atoms with Crippen molar-refractivity contribution in [2.45, 2.75) is 25.2 Å². The first-order chi connectivity index (χ1) is 11.6. The van der Waals surface area contributed by atoms with Gasteiger partial charge in [-0.1, -0.05) is 0 Å². The molecular formula is C16H22IN5O2. The topological polar surface area (TPSA) is 78.4 Å². The van der Waals surface area contributed by atoms with E-state index in [2.05, 4.69) is 55.3 Å². The highest BCUT2D eigenvalue weighted by molar-refractivity contribution is 14.1. The first-order valence-electron chi connectivity index (χ1n) is 8.31. The van der Waals surface area contributed by atoms with Gasteiger partial charge in [-0.05, 0) is 55.6 Å². The van der Waals surface area contributed by atoms with Crippen molar-refractivity contribution in [3.05, 3.63) is 16.1 Å². The molecule has 4 heterocycles. The van der Waals surface area contributed by atoms with Crippen molar-refractivity contribution in [3.8, 4) is 0 Å². The monoisotopic (exact) mass is 443 g/mol. The summed E-state index contributed by atoms with van der Waals surface area (Å²) in [5.41, 5.74) is 6.84. The van der Waals surface area contributed by atoms with Crippen molar-refractivity contribution in [2.24, 2.45) is 5.92 Å². The predicted molar refractivity (Wildman–Crippen MR) is 99.6 cm³/mol. The summed E-state index contributed by atoms with van der Waals surface area (Å²) in [6.45, 7) is 3.52. The number of hydrogen-bond donors (Lipinski definition) is 1. The molecule has 2 aromatic heterocycles. The summed E-state index contributed by atoms with van der Waals surface area (Å²) in [6.07, 6.45) is 5.77. The number of nitrogens with two attached hydrogens (primary N) is 1. The Morgan fingerprint density at radius 2 is 1.92 bits per heavy atom. The van der Waals surface area contributed by atoms with E-state index in [1.165, 1.54) is 6.33 Å². The zero-order valence-electron chi connectivity index (χ0n) is 13.7. The lowest BCUT2D eigenvalue weighted by Crippen LogP contribution is -2.42. The number of halogens is 1. The van der Waals surface area contributed by atoms with Gasteiger partial charge < -0.3 is 24.7 Å². The van der Waals surface area contributed by atoms with Crippen molar-refractivity contribution < 1.29 is 9.47 Å². The number of ether oxygens (including phenoxy) is 2. The Morgan fingerprint density at radius 3 is 2.62 bits per heavy atom. The Morgan fingerprint density at radius 1 is 1.21 bits per heavy atom. The van der Waals surface area contributed by atoms with Gasteiger partial charge in [0.1, 0.15) is 17.8 Å². The summed E-state index contributed by atoms with van der Waals surface area (Å²) >= 11 is 2.27. The van der Waals surface area contributed by atoms with E-state index in [0.717, 1.165) is 40.5 Å². The van der Waals surface area contributed by atoms with Gasteiger partial charge in [-0.25, -0.2) is 9.97 Å². The molecule has 0 aromatic carbocycles. The second-order valence-corrected chi connectivity index (χ2v) is 7.83. The summed E-state index contributed by atoms with van der Waals surface area (Å²) in [4.78, 5) is 10.9. The Hall–Kier alpha value is -0.970. The molecule has 0 radical (unpaired) electrons. The van der Waals surface area contributed by atoms with Crippen molar-refractivity contribution in [1.82, 2.24) is 19.4 Å². The first-order valence-corrected chi connectivity index (χ1v) is 9.39. The van der Waals surface area contributed by atoms with E-state index >= 15 is 0 Å². The number of fused-ring (bicyclic) bond motifs is 1. The summed E-state index contributed by atoms with van der Waals surface area (Å²) in [7, 11) is 2.17. The molecule has 2 aliphatic heterocycles. The average molecular weight is 443 g/mol. The van der Waals surface area contributed by atoms with Crippen molar-refractivity contribution in [2.75, 3.05) is 39.1 Å². The van der Waals surface area contributed by atoms with Crippen LogP contribution in [0.5, 0.6) is 0 Å². The molecule has 7 nitrogen and oxygen atoms in total. The zero-order chi connectivity index (χ0) is 16.7. The van der Waals surface area contributed by atoms with Gasteiger partial charge in [0, 0.05) is 15.7 Å². The minimum absolute atomic E-state index is 0.0736. The molecular weight excluding hydrogens is 421 g/mol. The lowest BCUT2D eigenvalue weighted by Gasteiger charge is -2.38. The van der Waals surface area contributed by atoms with Crippen LogP contribution in [0, 0.1) is 9.49 Å². The summed E-state index contributed by atoms with van der Waals surface area (Å²) in [5.74, 6) is 1.02. The fraction of sp³-hybridized carbons (Fsp3) is 0.625. The molecule has 2 N–H and O–H groups in total. The van der Waals surface area contributed by atoms with Gasteiger partial charge in [0.15, 0.2) is 6.29 Å². The lowest BCUT2D eigenvalue weighted by molar-refractivity contribution is -0.225. The molecule has 130 valence electrons. The second kappa shape index (κ2) is 6.74. The number of anilines is 1. The van der Waals surface area contributed by atoms with Crippen LogP contribution in [0.25, 0.3) is 11.0 Å². The van der Waals surface area contributed by atoms with Crippen LogP contribution in [0.3, 0.4) is 0 Å². The maximum Gasteiger partial charge on any atom is 0.160 e. The Bertz CT molecular complexity index is 721. The van der Waals surface area contributed by atoms with Gasteiger partial charge in [0.2, 0.25) is 0 Å². The highest BCUT2D eigenvalue weighted by atomic mass is 127. The number of nitrogen functional groups attached to an aromatic ring is 1. The van der Waals surface area contributed by atoms with Gasteiger partial charge in [-0.2, -0.15) is 0 Å². The van der Waals surface area contributed by atoms with Crippen LogP contribution in [0.4, 0.5) is 5.82 Å². The Labute approximate surface area is 154 Å². The summed E-state index contributed by atoms with van der Waals surface area (Å²) in [6, 6.07) is 0.118. The maximum atomic E-state index is 6.07. The molecule has 0 atom stereocenters. The molecule has 2 saturated heterocycles. The van der Waals surface area contributed by atoms with E-state index in [0.29, 0.717) is 24.9 Å². The van der Waals surface area contributed by atoms with E-state index < -0.39 is 0 Å². The number of piperidine rings is 1. The van der Waals surface area contributed by atoms with Gasteiger partial charge in [0.25, 0.3) is 0 Å². The molecule has 0 aliphatic carbocycles. The number of rotatable bonds is 2. The molecule has 0 bridgehead atoms. The number of hydrogen-bond acceptors (Lipinski definition) is 6. The molecule has 0 spiro atoms. The van der Waals surface area contributed by atoms with Crippen LogP contribution in [0.2, 0.25) is 0 Å². The van der Waals surface area contributed by atoms with Crippen molar-refractivity contribution >= 4 is 39.4 Å². The van der Waals surface area contributed by atoms with Gasteiger partial charge in [-0.3, -0.25) is 0 Å². The normalized spacial score (nSPS) is 26.9. The summed E-state index contributed by atoms with van der Waals surface area (Å²) in [5, 5.41) is 0.913. The van der Waals surface area contributed by atoms with Crippen LogP contribution in [-0.2, 0) is 9.47 Å². The zero-order valence-corrected chi connectivity index (χ0v) is 15.8. The number of aromatic nitrogens is 3. The lowest BCUT2D eigenvalue weighted by atomic mass is 9.96. The number of nitrogens with zero attached hydrogens (tertiary/aromatic N) is 4. The highest BCUT2D eigenvalue weighted by Crippen LogP contribution is 2.31. The van der Waals surface area contributed by atoms with E-state index in [1.807, 2.05) is 0 Å². The quantitative estimate of drug-likeness (QED) is 0.715. The fourth-order valence-electron chi connectivity index (χ4n) is 3.58. The average Bonchev–Trinajstić information content (AvgIpc) is 2.94. The van der Waals surface area contributed by atoms with Gasteiger partial charge in [0.05, 0.1) is 24.6 Å². The van der Waals surface area contributed by atoms with Gasteiger partial charge in [-0.15, -0.1) is 0 Å². The first kappa shape index (κ1) is 16.5. The molecule has 2 aliphatic rings. The SMILES string of the molecule is CN1CCC(C2OCC(n3cc(I)c4c(N)ncnc43)CO2)CC1. The summed E-state index contributed by atoms with van der Waals surface area (Å²) < 4.78 is 15.3. The maximum absolute atomic E-state index is 6.07. The fourth-order valence-corrected chi connectivity index (χ4v) is 4.40. The minimum Gasteiger partial charge on any atom is -0.383 e. The van der Waals surface area contributed by atoms with Crippen molar-refractivity contribution in [3.63, 3.8) is 0 Å². The molecule has 8 heteroatoms. The van der Waals surface area contributed by atoms with E-state index in [-0.39, 0.29) is 12.3 Å². The van der Waals surface area contributed by atoms with E-state index in [9.17, 15) is 0 Å². The molecule has 24 heavy (non-hydrogen) atoms. The molecule has 2 fully saturated rings. The van der Waals surface area contributed by atoms with Crippen LogP contribution in [0.1, 0.15) is 18.9 Å². The largest absolute Gasteiger partial charge is 0.383 e. The molecule has 0 unspecified atom stereocenters. The third-order valence-corrected chi connectivity index (χ3v) is 5.86. The third-order valence-electron chi connectivity index (χ3n) is 5.04. The molecule has 4 rings (SSSR count). The van der Waals surface area contributed by atoms with Crippen LogP contribution < -0.4 is 5.73 Å². The molecule has 0 saturated carbocycles. The Balaban J connectivity index is 1.47. The standard InChI is InChI=1S/C16H22IN5O2/c1-21-4-2-10(3-5-21)16-23-7-11(8-24-16)22-6-12(17)13-14(18)19-9-20-15(13)22/h6,9-11,16H,2-5,7-8H2,1H3,(H2,18,19,20). The van der Waals surface area contributed by atoms with Crippen molar-refractivity contribution in [1.29, 1.82) is 0 Å². The van der Waals surface area contributed by atoms with Gasteiger partial charge >= 0.3 is 0 Å². The number of likely N-dealkylation sites (tertiary alicyclic amines) is 1. The minimum atomic E-state index is -0.0736. The molecule has 2 aromatic rings. The van der Waals surface area contributed by atoms with Crippen LogP contribution >= 0.6 is 22.6 Å². The van der Waals surface area contributed by atoms with Crippen LogP contribution in [0.15, 0.2) is 12.5 Å². The Kier molecular flexibility index (Phi) is 4.63.